The Labute approximate surface area is 90.5 Å². The van der Waals surface area contributed by atoms with E-state index in [9.17, 15) is 5.11 Å². The van der Waals surface area contributed by atoms with Gasteiger partial charge in [-0.25, -0.2) is 0 Å². The van der Waals surface area contributed by atoms with Gasteiger partial charge in [0.25, 0.3) is 0 Å². The summed E-state index contributed by atoms with van der Waals surface area (Å²) in [6.45, 7) is 4.12. The molecule has 0 saturated heterocycles. The molecule has 1 aromatic carbocycles. The van der Waals surface area contributed by atoms with Gasteiger partial charge in [0.2, 0.25) is 0 Å². The Morgan fingerprint density at radius 3 is 2.50 bits per heavy atom. The molecule has 0 spiro atoms. The van der Waals surface area contributed by atoms with Crippen molar-refractivity contribution in [2.75, 3.05) is 5.75 Å². The fourth-order valence-electron chi connectivity index (χ4n) is 1.26. The molecule has 78 valence electrons. The summed E-state index contributed by atoms with van der Waals surface area (Å²) in [4.78, 5) is 1.28. The Morgan fingerprint density at radius 2 is 1.93 bits per heavy atom. The van der Waals surface area contributed by atoms with Crippen molar-refractivity contribution in [1.82, 2.24) is 0 Å². The van der Waals surface area contributed by atoms with Crippen LogP contribution in [0.5, 0.6) is 0 Å². The SMILES string of the molecule is CCC(O)[C@@H](C)CSc1ccccc1. The molecule has 0 aliphatic carbocycles. The molecule has 14 heavy (non-hydrogen) atoms. The van der Waals surface area contributed by atoms with Crippen LogP contribution in [0.25, 0.3) is 0 Å². The second-order valence-corrected chi connectivity index (χ2v) is 4.67. The number of hydrogen-bond acceptors (Lipinski definition) is 2. The molecule has 1 aromatic rings. The highest BCUT2D eigenvalue weighted by Crippen LogP contribution is 2.22. The molecule has 0 heterocycles. The highest BCUT2D eigenvalue weighted by atomic mass is 32.2. The first-order valence-corrected chi connectivity index (χ1v) is 6.08. The maximum Gasteiger partial charge on any atom is 0.0571 e. The zero-order valence-corrected chi connectivity index (χ0v) is 9.63. The fourth-order valence-corrected chi connectivity index (χ4v) is 2.28. The summed E-state index contributed by atoms with van der Waals surface area (Å²) in [5.74, 6) is 1.35. The normalized spacial score (nSPS) is 15.1. The Hall–Kier alpha value is -0.470. The van der Waals surface area contributed by atoms with Crippen LogP contribution in [0.2, 0.25) is 0 Å². The molecule has 0 bridgehead atoms. The van der Waals surface area contributed by atoms with E-state index in [-0.39, 0.29) is 6.10 Å². The predicted molar refractivity (Wildman–Crippen MR) is 62.6 cm³/mol. The molecule has 1 nitrogen and oxygen atoms in total. The van der Waals surface area contributed by atoms with Crippen molar-refractivity contribution in [1.29, 1.82) is 0 Å². The van der Waals surface area contributed by atoms with Crippen LogP contribution in [0.4, 0.5) is 0 Å². The fraction of sp³-hybridized carbons (Fsp3) is 0.500. The van der Waals surface area contributed by atoms with Gasteiger partial charge >= 0.3 is 0 Å². The predicted octanol–water partition coefficient (Wildman–Crippen LogP) is 3.19. The van der Waals surface area contributed by atoms with E-state index in [0.29, 0.717) is 5.92 Å². The molecule has 0 radical (unpaired) electrons. The molecule has 1 rings (SSSR count). The third-order valence-corrected chi connectivity index (χ3v) is 3.63. The molecule has 0 aliphatic rings. The standard InChI is InChI=1S/C12H18OS/c1-3-12(13)10(2)9-14-11-7-5-4-6-8-11/h4-8,10,12-13H,3,9H2,1-2H3/t10-,12?/m0/s1. The summed E-state index contributed by atoms with van der Waals surface area (Å²) < 4.78 is 0. The molecule has 1 N–H and O–H groups in total. The summed E-state index contributed by atoms with van der Waals surface area (Å²) in [5, 5.41) is 9.59. The largest absolute Gasteiger partial charge is 0.393 e. The third-order valence-electron chi connectivity index (χ3n) is 2.33. The van der Waals surface area contributed by atoms with Crippen molar-refractivity contribution < 1.29 is 5.11 Å². The number of aliphatic hydroxyl groups excluding tert-OH is 1. The Bertz CT molecular complexity index is 248. The van der Waals surface area contributed by atoms with Crippen LogP contribution in [0.1, 0.15) is 20.3 Å². The van der Waals surface area contributed by atoms with Gasteiger partial charge in [-0.1, -0.05) is 32.0 Å². The topological polar surface area (TPSA) is 20.2 Å². The van der Waals surface area contributed by atoms with Gasteiger partial charge in [-0.3, -0.25) is 0 Å². The quantitative estimate of drug-likeness (QED) is 0.753. The van der Waals surface area contributed by atoms with Gasteiger partial charge in [-0.05, 0) is 24.5 Å². The lowest BCUT2D eigenvalue weighted by molar-refractivity contribution is 0.123. The second kappa shape index (κ2) is 6.10. The number of benzene rings is 1. The minimum Gasteiger partial charge on any atom is -0.393 e. The van der Waals surface area contributed by atoms with Crippen molar-refractivity contribution in [3.8, 4) is 0 Å². The van der Waals surface area contributed by atoms with Crippen LogP contribution in [-0.4, -0.2) is 17.0 Å². The highest BCUT2D eigenvalue weighted by molar-refractivity contribution is 7.99. The maximum atomic E-state index is 9.59. The van der Waals surface area contributed by atoms with E-state index in [4.69, 9.17) is 0 Å². The lowest BCUT2D eigenvalue weighted by atomic mass is 10.1. The van der Waals surface area contributed by atoms with Crippen LogP contribution in [-0.2, 0) is 0 Å². The molecule has 1 unspecified atom stereocenters. The van der Waals surface area contributed by atoms with Crippen LogP contribution in [0.3, 0.4) is 0 Å². The molecule has 2 atom stereocenters. The van der Waals surface area contributed by atoms with E-state index in [1.54, 1.807) is 0 Å². The first-order valence-electron chi connectivity index (χ1n) is 5.10. The average Bonchev–Trinajstić information content (AvgIpc) is 2.26. The minimum atomic E-state index is -0.161. The summed E-state index contributed by atoms with van der Waals surface area (Å²) in [6.07, 6.45) is 0.683. The minimum absolute atomic E-state index is 0.161. The van der Waals surface area contributed by atoms with Gasteiger partial charge < -0.3 is 5.11 Å². The number of hydrogen-bond donors (Lipinski definition) is 1. The molecule has 0 fully saturated rings. The molecule has 2 heteroatoms. The Balaban J connectivity index is 2.34. The summed E-state index contributed by atoms with van der Waals surface area (Å²) in [7, 11) is 0. The number of thioether (sulfide) groups is 1. The second-order valence-electron chi connectivity index (χ2n) is 3.58. The van der Waals surface area contributed by atoms with E-state index in [0.717, 1.165) is 12.2 Å². The van der Waals surface area contributed by atoms with Gasteiger partial charge in [0, 0.05) is 10.6 Å². The first-order chi connectivity index (χ1) is 6.74. The van der Waals surface area contributed by atoms with Crippen LogP contribution < -0.4 is 0 Å². The van der Waals surface area contributed by atoms with Crippen molar-refractivity contribution >= 4 is 11.8 Å². The Kier molecular flexibility index (Phi) is 5.05. The lowest BCUT2D eigenvalue weighted by Crippen LogP contribution is -2.18. The van der Waals surface area contributed by atoms with Gasteiger partial charge in [-0.15, -0.1) is 11.8 Å². The molecule has 0 amide bonds. The van der Waals surface area contributed by atoms with Crippen molar-refractivity contribution in [2.45, 2.75) is 31.3 Å². The lowest BCUT2D eigenvalue weighted by Gasteiger charge is -2.16. The molecule has 0 saturated carbocycles. The van der Waals surface area contributed by atoms with Crippen molar-refractivity contribution in [2.24, 2.45) is 5.92 Å². The monoisotopic (exact) mass is 210 g/mol. The zero-order valence-electron chi connectivity index (χ0n) is 8.81. The van der Waals surface area contributed by atoms with Crippen molar-refractivity contribution in [3.63, 3.8) is 0 Å². The average molecular weight is 210 g/mol. The number of aliphatic hydroxyl groups is 1. The smallest absolute Gasteiger partial charge is 0.0571 e. The van der Waals surface area contributed by atoms with Gasteiger partial charge in [0.1, 0.15) is 0 Å². The third kappa shape index (κ3) is 3.72. The maximum absolute atomic E-state index is 9.59. The van der Waals surface area contributed by atoms with Crippen LogP contribution >= 0.6 is 11.8 Å². The van der Waals surface area contributed by atoms with E-state index in [1.807, 2.05) is 36.9 Å². The molecular formula is C12H18OS. The zero-order chi connectivity index (χ0) is 10.4. The summed E-state index contributed by atoms with van der Waals surface area (Å²) in [5.41, 5.74) is 0. The first kappa shape index (κ1) is 11.6. The number of rotatable bonds is 5. The van der Waals surface area contributed by atoms with Gasteiger partial charge in [0.05, 0.1) is 6.10 Å². The van der Waals surface area contributed by atoms with E-state index in [2.05, 4.69) is 19.1 Å². The van der Waals surface area contributed by atoms with Gasteiger partial charge in [0.15, 0.2) is 0 Å². The molecule has 0 aliphatic heterocycles. The Morgan fingerprint density at radius 1 is 1.29 bits per heavy atom. The van der Waals surface area contributed by atoms with Crippen molar-refractivity contribution in [3.05, 3.63) is 30.3 Å². The van der Waals surface area contributed by atoms with Crippen LogP contribution in [0, 0.1) is 5.92 Å². The van der Waals surface area contributed by atoms with E-state index >= 15 is 0 Å². The summed E-state index contributed by atoms with van der Waals surface area (Å²) >= 11 is 1.81. The summed E-state index contributed by atoms with van der Waals surface area (Å²) in [6, 6.07) is 10.3. The molecular weight excluding hydrogens is 192 g/mol. The van der Waals surface area contributed by atoms with E-state index < -0.39 is 0 Å². The van der Waals surface area contributed by atoms with Crippen LogP contribution in [0.15, 0.2) is 35.2 Å². The molecule has 0 aromatic heterocycles. The highest BCUT2D eigenvalue weighted by Gasteiger charge is 2.11. The van der Waals surface area contributed by atoms with E-state index in [1.165, 1.54) is 4.90 Å². The van der Waals surface area contributed by atoms with Gasteiger partial charge in [-0.2, -0.15) is 0 Å².